The van der Waals surface area contributed by atoms with Gasteiger partial charge in [-0.05, 0) is 28.3 Å². The molecule has 2 rings (SSSR count). The molecule has 0 saturated heterocycles. The summed E-state index contributed by atoms with van der Waals surface area (Å²) in [4.78, 5) is 10.7. The van der Waals surface area contributed by atoms with E-state index >= 15 is 0 Å². The number of hydrogen-bond acceptors (Lipinski definition) is 4. The minimum Gasteiger partial charge on any atom is -0.481 e. The van der Waals surface area contributed by atoms with Crippen LogP contribution >= 0.6 is 0 Å². The highest BCUT2D eigenvalue weighted by atomic mass is 16.4. The fourth-order valence-electron chi connectivity index (χ4n) is 2.08. The Morgan fingerprint density at radius 3 is 2.65 bits per heavy atom. The predicted molar refractivity (Wildman–Crippen MR) is 74.0 cm³/mol. The molecular formula is C14H18N4O2. The Balaban J connectivity index is 2.16. The molecule has 20 heavy (non-hydrogen) atoms. The largest absolute Gasteiger partial charge is 0.481 e. The third kappa shape index (κ3) is 3.40. The van der Waals surface area contributed by atoms with E-state index in [0.717, 1.165) is 12.0 Å². The fourth-order valence-corrected chi connectivity index (χ4v) is 2.08. The van der Waals surface area contributed by atoms with E-state index in [4.69, 9.17) is 5.11 Å². The maximum atomic E-state index is 10.7. The highest BCUT2D eigenvalue weighted by Crippen LogP contribution is 2.18. The van der Waals surface area contributed by atoms with Crippen LogP contribution in [0.5, 0.6) is 0 Å². The normalized spacial score (nSPS) is 12.3. The minimum atomic E-state index is -0.806. The smallest absolute Gasteiger partial charge is 0.303 e. The molecule has 1 unspecified atom stereocenters. The van der Waals surface area contributed by atoms with Crippen molar-refractivity contribution in [2.45, 2.75) is 33.2 Å². The molecule has 0 radical (unpaired) electrons. The topological polar surface area (TPSA) is 80.9 Å². The van der Waals surface area contributed by atoms with Gasteiger partial charge in [-0.1, -0.05) is 38.1 Å². The zero-order chi connectivity index (χ0) is 14.5. The van der Waals surface area contributed by atoms with Gasteiger partial charge < -0.3 is 5.11 Å². The van der Waals surface area contributed by atoms with Gasteiger partial charge in [-0.2, -0.15) is 0 Å². The number of carboxylic acid groups (broad SMARTS) is 1. The number of carbonyl (C=O) groups is 1. The summed E-state index contributed by atoms with van der Waals surface area (Å²) in [6.07, 6.45) is 1.09. The van der Waals surface area contributed by atoms with Crippen LogP contribution in [0.4, 0.5) is 0 Å². The maximum absolute atomic E-state index is 10.7. The molecule has 0 aliphatic carbocycles. The van der Waals surface area contributed by atoms with Crippen LogP contribution in [0.25, 0.3) is 11.4 Å². The minimum absolute atomic E-state index is 0.0235. The van der Waals surface area contributed by atoms with Crippen molar-refractivity contribution in [1.82, 2.24) is 20.2 Å². The fraction of sp³-hybridized carbons (Fsp3) is 0.429. The summed E-state index contributed by atoms with van der Waals surface area (Å²) in [6.45, 7) is 4.47. The lowest BCUT2D eigenvalue weighted by Gasteiger charge is -2.10. The van der Waals surface area contributed by atoms with Crippen LogP contribution in [0.1, 0.15) is 25.8 Å². The van der Waals surface area contributed by atoms with Crippen LogP contribution in [0.3, 0.4) is 0 Å². The van der Waals surface area contributed by atoms with Gasteiger partial charge in [-0.25, -0.2) is 4.68 Å². The molecule has 1 atom stereocenters. The number of tetrazole rings is 1. The lowest BCUT2D eigenvalue weighted by molar-refractivity contribution is -0.138. The van der Waals surface area contributed by atoms with Gasteiger partial charge in [0.2, 0.25) is 0 Å². The van der Waals surface area contributed by atoms with E-state index in [-0.39, 0.29) is 12.3 Å². The molecule has 0 amide bonds. The van der Waals surface area contributed by atoms with Crippen molar-refractivity contribution in [2.75, 3.05) is 0 Å². The van der Waals surface area contributed by atoms with Gasteiger partial charge in [0.15, 0.2) is 5.82 Å². The standard InChI is InChI=1S/C14H18N4O2/c1-3-11-4-6-12(7-5-11)14-15-16-17-18(14)9-10(2)8-13(19)20/h4-7,10H,3,8-9H2,1-2H3,(H,19,20). The number of aliphatic carboxylic acids is 1. The van der Waals surface area contributed by atoms with E-state index < -0.39 is 5.97 Å². The average molecular weight is 274 g/mol. The summed E-state index contributed by atoms with van der Waals surface area (Å²) >= 11 is 0. The van der Waals surface area contributed by atoms with Crippen molar-refractivity contribution in [3.63, 3.8) is 0 Å². The van der Waals surface area contributed by atoms with Gasteiger partial charge in [-0.3, -0.25) is 4.79 Å². The number of aromatic nitrogens is 4. The molecule has 1 heterocycles. The molecule has 1 aromatic carbocycles. The lowest BCUT2D eigenvalue weighted by Crippen LogP contribution is -2.14. The Hall–Kier alpha value is -2.24. The zero-order valence-corrected chi connectivity index (χ0v) is 11.7. The molecule has 106 valence electrons. The molecule has 0 fully saturated rings. The second-order valence-electron chi connectivity index (χ2n) is 4.94. The third-order valence-electron chi connectivity index (χ3n) is 3.16. The van der Waals surface area contributed by atoms with Crippen molar-refractivity contribution >= 4 is 5.97 Å². The Morgan fingerprint density at radius 1 is 1.35 bits per heavy atom. The summed E-state index contributed by atoms with van der Waals surface area (Å²) in [6, 6.07) is 8.08. The first-order chi connectivity index (χ1) is 9.60. The van der Waals surface area contributed by atoms with Crippen molar-refractivity contribution in [1.29, 1.82) is 0 Å². The molecular weight excluding hydrogens is 256 g/mol. The molecule has 6 heteroatoms. The van der Waals surface area contributed by atoms with E-state index in [1.165, 1.54) is 5.56 Å². The van der Waals surface area contributed by atoms with Crippen molar-refractivity contribution < 1.29 is 9.90 Å². The zero-order valence-electron chi connectivity index (χ0n) is 11.7. The quantitative estimate of drug-likeness (QED) is 0.871. The SMILES string of the molecule is CCc1ccc(-c2nnnn2CC(C)CC(=O)O)cc1. The Labute approximate surface area is 117 Å². The molecule has 0 aliphatic rings. The summed E-state index contributed by atoms with van der Waals surface area (Å²) in [5.41, 5.74) is 2.20. The van der Waals surface area contributed by atoms with Crippen molar-refractivity contribution in [3.05, 3.63) is 29.8 Å². The monoisotopic (exact) mass is 274 g/mol. The Kier molecular flexibility index (Phi) is 4.45. The molecule has 0 bridgehead atoms. The highest BCUT2D eigenvalue weighted by Gasteiger charge is 2.14. The molecule has 1 aromatic heterocycles. The highest BCUT2D eigenvalue weighted by molar-refractivity contribution is 5.66. The summed E-state index contributed by atoms with van der Waals surface area (Å²) in [7, 11) is 0. The number of rotatable bonds is 6. The summed E-state index contributed by atoms with van der Waals surface area (Å²) < 4.78 is 1.66. The second-order valence-corrected chi connectivity index (χ2v) is 4.94. The first-order valence-corrected chi connectivity index (χ1v) is 6.67. The van der Waals surface area contributed by atoms with E-state index in [1.54, 1.807) is 4.68 Å². The van der Waals surface area contributed by atoms with Crippen LogP contribution in [-0.4, -0.2) is 31.3 Å². The van der Waals surface area contributed by atoms with Crippen molar-refractivity contribution in [2.24, 2.45) is 5.92 Å². The van der Waals surface area contributed by atoms with Crippen LogP contribution in [0, 0.1) is 5.92 Å². The molecule has 6 nitrogen and oxygen atoms in total. The molecule has 1 N–H and O–H groups in total. The number of hydrogen-bond donors (Lipinski definition) is 1. The van der Waals surface area contributed by atoms with Gasteiger partial charge >= 0.3 is 5.97 Å². The third-order valence-corrected chi connectivity index (χ3v) is 3.16. The summed E-state index contributed by atoms with van der Waals surface area (Å²) in [5.74, 6) is -0.158. The molecule has 0 spiro atoms. The van der Waals surface area contributed by atoms with Gasteiger partial charge in [0.1, 0.15) is 0 Å². The Morgan fingerprint density at radius 2 is 2.05 bits per heavy atom. The average Bonchev–Trinajstić information content (AvgIpc) is 2.86. The first-order valence-electron chi connectivity index (χ1n) is 6.67. The molecule has 0 aliphatic heterocycles. The first kappa shape index (κ1) is 14.2. The number of aryl methyl sites for hydroxylation is 1. The van der Waals surface area contributed by atoms with Gasteiger partial charge in [-0.15, -0.1) is 5.10 Å². The number of nitrogens with zero attached hydrogens (tertiary/aromatic N) is 4. The molecule has 0 saturated carbocycles. The van der Waals surface area contributed by atoms with Crippen molar-refractivity contribution in [3.8, 4) is 11.4 Å². The summed E-state index contributed by atoms with van der Waals surface area (Å²) in [5, 5.41) is 20.5. The number of benzene rings is 1. The second kappa shape index (κ2) is 6.27. The van der Waals surface area contributed by atoms with Crippen LogP contribution in [0.15, 0.2) is 24.3 Å². The van der Waals surface area contributed by atoms with Gasteiger partial charge in [0.05, 0.1) is 0 Å². The lowest BCUT2D eigenvalue weighted by atomic mass is 10.1. The maximum Gasteiger partial charge on any atom is 0.303 e. The van der Waals surface area contributed by atoms with E-state index in [9.17, 15) is 4.79 Å². The molecule has 2 aromatic rings. The van der Waals surface area contributed by atoms with Crippen LogP contribution in [0.2, 0.25) is 0 Å². The van der Waals surface area contributed by atoms with Gasteiger partial charge in [0.25, 0.3) is 0 Å². The van der Waals surface area contributed by atoms with E-state index in [0.29, 0.717) is 12.4 Å². The Bertz CT molecular complexity index is 577. The number of carboxylic acids is 1. The van der Waals surface area contributed by atoms with E-state index in [1.807, 2.05) is 19.1 Å². The van der Waals surface area contributed by atoms with E-state index in [2.05, 4.69) is 34.6 Å². The predicted octanol–water partition coefficient (Wildman–Crippen LogP) is 2.01. The van der Waals surface area contributed by atoms with Gasteiger partial charge in [0, 0.05) is 18.5 Å². The van der Waals surface area contributed by atoms with Crippen LogP contribution in [-0.2, 0) is 17.8 Å². The van der Waals surface area contributed by atoms with Crippen LogP contribution < -0.4 is 0 Å².